The molecular weight excluding hydrogens is 516 g/mol. The number of amides is 3. The molecule has 0 fully saturated rings. The van der Waals surface area contributed by atoms with Gasteiger partial charge in [0.05, 0.1) is 12.1 Å². The van der Waals surface area contributed by atoms with Gasteiger partial charge in [0.2, 0.25) is 5.91 Å². The molecule has 0 bridgehead atoms. The van der Waals surface area contributed by atoms with Gasteiger partial charge in [-0.15, -0.1) is 6.58 Å². The van der Waals surface area contributed by atoms with Crippen molar-refractivity contribution in [3.05, 3.63) is 82.9 Å². The summed E-state index contributed by atoms with van der Waals surface area (Å²) in [6.07, 6.45) is 2.95. The summed E-state index contributed by atoms with van der Waals surface area (Å²) < 4.78 is 27.7. The number of nitrogens with zero attached hydrogens (tertiary/aromatic N) is 1. The molecule has 0 radical (unpaired) electrons. The SMILES string of the molecule is C=CCCC(=O)NCC[C@H](O)[C@H](Cc1cc(F)cc(F)c1)NC(=O)c1cc(C)cc(C(=O)N(CCC)CCC)c1. The van der Waals surface area contributed by atoms with E-state index < -0.39 is 29.7 Å². The van der Waals surface area contributed by atoms with E-state index in [9.17, 15) is 28.3 Å². The number of carbonyl (C=O) groups is 3. The summed E-state index contributed by atoms with van der Waals surface area (Å²) in [5.74, 6) is -2.44. The predicted octanol–water partition coefficient (Wildman–Crippen LogP) is 4.71. The molecule has 218 valence electrons. The molecule has 2 aromatic rings. The van der Waals surface area contributed by atoms with Gasteiger partial charge in [0, 0.05) is 43.2 Å². The molecule has 0 aliphatic heterocycles. The Labute approximate surface area is 235 Å². The first-order valence-electron chi connectivity index (χ1n) is 13.8. The zero-order valence-corrected chi connectivity index (χ0v) is 23.6. The van der Waals surface area contributed by atoms with E-state index in [2.05, 4.69) is 17.2 Å². The lowest BCUT2D eigenvalue weighted by Gasteiger charge is -2.25. The third-order valence-electron chi connectivity index (χ3n) is 6.36. The number of halogens is 2. The van der Waals surface area contributed by atoms with E-state index in [1.807, 2.05) is 13.8 Å². The fourth-order valence-corrected chi connectivity index (χ4v) is 4.47. The van der Waals surface area contributed by atoms with E-state index in [0.29, 0.717) is 25.1 Å². The highest BCUT2D eigenvalue weighted by molar-refractivity contribution is 6.00. The van der Waals surface area contributed by atoms with E-state index in [4.69, 9.17) is 0 Å². The fourth-order valence-electron chi connectivity index (χ4n) is 4.47. The number of benzene rings is 2. The van der Waals surface area contributed by atoms with Crippen molar-refractivity contribution in [1.82, 2.24) is 15.5 Å². The highest BCUT2D eigenvalue weighted by Gasteiger charge is 2.24. The van der Waals surface area contributed by atoms with Crippen molar-refractivity contribution < 1.29 is 28.3 Å². The van der Waals surface area contributed by atoms with Crippen LogP contribution in [0.25, 0.3) is 0 Å². The number of aliphatic hydroxyl groups is 1. The first-order valence-corrected chi connectivity index (χ1v) is 13.8. The molecule has 0 aliphatic rings. The minimum absolute atomic E-state index is 0.0512. The van der Waals surface area contributed by atoms with Gasteiger partial charge in [-0.25, -0.2) is 8.78 Å². The number of carbonyl (C=O) groups excluding carboxylic acids is 3. The minimum Gasteiger partial charge on any atom is -0.391 e. The molecule has 0 spiro atoms. The van der Waals surface area contributed by atoms with Crippen molar-refractivity contribution in [2.45, 2.75) is 71.4 Å². The van der Waals surface area contributed by atoms with Gasteiger partial charge >= 0.3 is 0 Å². The molecule has 0 aliphatic carbocycles. The van der Waals surface area contributed by atoms with Crippen LogP contribution in [-0.4, -0.2) is 59.5 Å². The highest BCUT2D eigenvalue weighted by Crippen LogP contribution is 2.16. The monoisotopic (exact) mass is 557 g/mol. The van der Waals surface area contributed by atoms with Gasteiger partial charge in [-0.1, -0.05) is 19.9 Å². The summed E-state index contributed by atoms with van der Waals surface area (Å²) in [7, 11) is 0. The number of allylic oxidation sites excluding steroid dienone is 1. The standard InChI is InChI=1S/C31H41F2N3O4/c1-5-8-9-29(38)34-11-10-28(37)27(18-22-16-25(32)20-26(33)17-22)35-30(39)23-14-21(4)15-24(19-23)31(40)36(12-6-2)13-7-3/h5,14-17,19-20,27-28,37H,1,6-13,18H2,2-4H3,(H,34,38)(H,35,39)/t27-,28-/m0/s1. The van der Waals surface area contributed by atoms with Gasteiger partial charge in [-0.05, 0) is 80.5 Å². The maximum Gasteiger partial charge on any atom is 0.253 e. The lowest BCUT2D eigenvalue weighted by molar-refractivity contribution is -0.121. The van der Waals surface area contributed by atoms with Crippen LogP contribution in [0, 0.1) is 18.6 Å². The summed E-state index contributed by atoms with van der Waals surface area (Å²) in [5.41, 5.74) is 1.59. The molecule has 0 unspecified atom stereocenters. The molecule has 7 nitrogen and oxygen atoms in total. The molecule has 2 rings (SSSR count). The van der Waals surface area contributed by atoms with Crippen molar-refractivity contribution in [2.24, 2.45) is 0 Å². The van der Waals surface area contributed by atoms with Crippen LogP contribution < -0.4 is 10.6 Å². The highest BCUT2D eigenvalue weighted by atomic mass is 19.1. The van der Waals surface area contributed by atoms with Gasteiger partial charge in [0.15, 0.2) is 0 Å². The summed E-state index contributed by atoms with van der Waals surface area (Å²) in [4.78, 5) is 40.2. The van der Waals surface area contributed by atoms with E-state index in [1.54, 1.807) is 30.0 Å². The molecule has 2 atom stereocenters. The molecule has 2 aromatic carbocycles. The van der Waals surface area contributed by atoms with Gasteiger partial charge < -0.3 is 20.6 Å². The quantitative estimate of drug-likeness (QED) is 0.261. The van der Waals surface area contributed by atoms with E-state index >= 15 is 0 Å². The molecule has 40 heavy (non-hydrogen) atoms. The molecule has 0 saturated carbocycles. The number of aryl methyl sites for hydroxylation is 1. The first kappa shape index (κ1) is 32.6. The maximum atomic E-state index is 13.9. The number of nitrogens with one attached hydrogen (secondary N) is 2. The van der Waals surface area contributed by atoms with Crippen LogP contribution >= 0.6 is 0 Å². The Bertz CT molecular complexity index is 1150. The van der Waals surface area contributed by atoms with Crippen molar-refractivity contribution in [1.29, 1.82) is 0 Å². The molecule has 3 N–H and O–H groups in total. The van der Waals surface area contributed by atoms with E-state index in [0.717, 1.165) is 36.6 Å². The second-order valence-corrected chi connectivity index (χ2v) is 9.98. The Morgan fingerprint density at radius 2 is 1.62 bits per heavy atom. The second kappa shape index (κ2) is 16.5. The van der Waals surface area contributed by atoms with Crippen molar-refractivity contribution in [3.63, 3.8) is 0 Å². The predicted molar refractivity (Wildman–Crippen MR) is 152 cm³/mol. The van der Waals surface area contributed by atoms with Crippen LogP contribution in [0.15, 0.2) is 49.1 Å². The molecule has 3 amide bonds. The van der Waals surface area contributed by atoms with Gasteiger partial charge in [0.1, 0.15) is 11.6 Å². The van der Waals surface area contributed by atoms with Gasteiger partial charge in [-0.3, -0.25) is 14.4 Å². The van der Waals surface area contributed by atoms with Crippen LogP contribution in [-0.2, 0) is 11.2 Å². The smallest absolute Gasteiger partial charge is 0.253 e. The van der Waals surface area contributed by atoms with Crippen LogP contribution in [0.1, 0.15) is 77.8 Å². The second-order valence-electron chi connectivity index (χ2n) is 9.98. The molecule has 0 saturated heterocycles. The van der Waals surface area contributed by atoms with Crippen LogP contribution in [0.2, 0.25) is 0 Å². The maximum absolute atomic E-state index is 13.9. The lowest BCUT2D eigenvalue weighted by Crippen LogP contribution is -2.46. The Balaban J connectivity index is 2.26. The van der Waals surface area contributed by atoms with Crippen LogP contribution in [0.3, 0.4) is 0 Å². The molecule has 0 heterocycles. The molecule has 0 aromatic heterocycles. The molecular formula is C31H41F2N3O4. The average molecular weight is 558 g/mol. The van der Waals surface area contributed by atoms with Gasteiger partial charge in [0.25, 0.3) is 11.8 Å². The Hall–Kier alpha value is -3.59. The van der Waals surface area contributed by atoms with Crippen molar-refractivity contribution in [2.75, 3.05) is 19.6 Å². The number of hydrogen-bond donors (Lipinski definition) is 3. The third-order valence-corrected chi connectivity index (χ3v) is 6.36. The van der Waals surface area contributed by atoms with Gasteiger partial charge in [-0.2, -0.15) is 0 Å². The average Bonchev–Trinajstić information content (AvgIpc) is 2.90. The lowest BCUT2D eigenvalue weighted by atomic mass is 9.97. The Morgan fingerprint density at radius 3 is 2.23 bits per heavy atom. The van der Waals surface area contributed by atoms with Crippen molar-refractivity contribution >= 4 is 17.7 Å². The number of hydrogen-bond acceptors (Lipinski definition) is 4. The fraction of sp³-hybridized carbons (Fsp3) is 0.452. The topological polar surface area (TPSA) is 98.7 Å². The molecule has 9 heteroatoms. The van der Waals surface area contributed by atoms with Crippen LogP contribution in [0.4, 0.5) is 8.78 Å². The number of rotatable bonds is 16. The van der Waals surface area contributed by atoms with Crippen molar-refractivity contribution in [3.8, 4) is 0 Å². The van der Waals surface area contributed by atoms with E-state index in [1.165, 1.54) is 6.07 Å². The summed E-state index contributed by atoms with van der Waals surface area (Å²) in [6.45, 7) is 10.7. The summed E-state index contributed by atoms with van der Waals surface area (Å²) in [6, 6.07) is 7.01. The van der Waals surface area contributed by atoms with E-state index in [-0.39, 0.29) is 48.7 Å². The number of aliphatic hydroxyl groups excluding tert-OH is 1. The summed E-state index contributed by atoms with van der Waals surface area (Å²) >= 11 is 0. The largest absolute Gasteiger partial charge is 0.391 e. The Morgan fingerprint density at radius 1 is 1.00 bits per heavy atom. The Kier molecular flexibility index (Phi) is 13.5. The summed E-state index contributed by atoms with van der Waals surface area (Å²) in [5, 5.41) is 16.4. The third kappa shape index (κ3) is 10.5. The first-order chi connectivity index (χ1) is 19.1. The van der Waals surface area contributed by atoms with Crippen LogP contribution in [0.5, 0.6) is 0 Å². The minimum atomic E-state index is -1.13. The normalized spacial score (nSPS) is 12.3. The zero-order chi connectivity index (χ0) is 29.7. The zero-order valence-electron chi connectivity index (χ0n) is 23.6.